The van der Waals surface area contributed by atoms with Gasteiger partial charge in [0.1, 0.15) is 9.84 Å². The molecule has 7 nitrogen and oxygen atoms in total. The first-order valence-electron chi connectivity index (χ1n) is 8.23. The molecular formula is C15H33IN4O3S. The molecular weight excluding hydrogens is 443 g/mol. The van der Waals surface area contributed by atoms with Gasteiger partial charge in [-0.3, -0.25) is 9.89 Å². The number of aliphatic imine (C=N–C) groups is 1. The van der Waals surface area contributed by atoms with E-state index in [-0.39, 0.29) is 35.8 Å². The maximum Gasteiger partial charge on any atom is 0.191 e. The van der Waals surface area contributed by atoms with Gasteiger partial charge in [0.25, 0.3) is 0 Å². The predicted molar refractivity (Wildman–Crippen MR) is 110 cm³/mol. The monoisotopic (exact) mass is 476 g/mol. The number of sulfone groups is 1. The number of guanidine groups is 1. The van der Waals surface area contributed by atoms with Gasteiger partial charge in [0, 0.05) is 45.6 Å². The molecule has 144 valence electrons. The van der Waals surface area contributed by atoms with Crippen molar-refractivity contribution < 1.29 is 13.2 Å². The van der Waals surface area contributed by atoms with Crippen molar-refractivity contribution >= 4 is 39.8 Å². The Balaban J connectivity index is 0.00000529. The molecule has 9 heteroatoms. The second-order valence-corrected chi connectivity index (χ2v) is 8.50. The molecule has 1 aliphatic heterocycles. The topological polar surface area (TPSA) is 83.0 Å². The first kappa shape index (κ1) is 23.9. The zero-order valence-electron chi connectivity index (χ0n) is 15.2. The van der Waals surface area contributed by atoms with Crippen molar-refractivity contribution in [2.45, 2.75) is 38.3 Å². The molecule has 1 fully saturated rings. The summed E-state index contributed by atoms with van der Waals surface area (Å²) in [5.74, 6) is 0.913. The molecule has 1 rings (SSSR count). The molecule has 0 aromatic rings. The standard InChI is InChI=1S/C15H32N4O3S.HI/c1-13(7-11-23(4,20)21)18-15(16-2)17-12-14-6-5-8-19(14)9-10-22-3;/h13-14H,5-12H2,1-4H3,(H2,16,17,18);1H. The summed E-state index contributed by atoms with van der Waals surface area (Å²) in [4.78, 5) is 6.66. The zero-order chi connectivity index (χ0) is 17.3. The minimum Gasteiger partial charge on any atom is -0.383 e. The largest absolute Gasteiger partial charge is 0.383 e. The van der Waals surface area contributed by atoms with E-state index in [0.717, 1.165) is 32.2 Å². The van der Waals surface area contributed by atoms with E-state index in [9.17, 15) is 8.42 Å². The van der Waals surface area contributed by atoms with Gasteiger partial charge in [-0.15, -0.1) is 24.0 Å². The van der Waals surface area contributed by atoms with E-state index in [2.05, 4.69) is 20.5 Å². The third-order valence-electron chi connectivity index (χ3n) is 4.12. The molecule has 0 amide bonds. The molecule has 0 spiro atoms. The zero-order valence-corrected chi connectivity index (χ0v) is 18.4. The van der Waals surface area contributed by atoms with Crippen LogP contribution in [-0.2, 0) is 14.6 Å². The molecule has 0 aromatic carbocycles. The maximum atomic E-state index is 11.2. The van der Waals surface area contributed by atoms with E-state index in [4.69, 9.17) is 4.74 Å². The normalized spacial score (nSPS) is 20.5. The Labute approximate surface area is 163 Å². The van der Waals surface area contributed by atoms with Gasteiger partial charge in [-0.2, -0.15) is 0 Å². The molecule has 2 unspecified atom stereocenters. The number of hydrogen-bond acceptors (Lipinski definition) is 5. The molecule has 0 saturated carbocycles. The van der Waals surface area contributed by atoms with E-state index in [1.165, 1.54) is 19.1 Å². The maximum absolute atomic E-state index is 11.2. The van der Waals surface area contributed by atoms with Crippen LogP contribution in [-0.4, -0.2) is 83.8 Å². The van der Waals surface area contributed by atoms with Gasteiger partial charge in [0.2, 0.25) is 0 Å². The van der Waals surface area contributed by atoms with Gasteiger partial charge in [-0.05, 0) is 32.7 Å². The number of ether oxygens (including phenoxy) is 1. The van der Waals surface area contributed by atoms with Crippen LogP contribution in [0.5, 0.6) is 0 Å². The Morgan fingerprint density at radius 2 is 2.17 bits per heavy atom. The van der Waals surface area contributed by atoms with E-state index in [1.54, 1.807) is 14.2 Å². The first-order valence-corrected chi connectivity index (χ1v) is 10.3. The minimum absolute atomic E-state index is 0. The SMILES string of the molecule is CN=C(NCC1CCCN1CCOC)NC(C)CCS(C)(=O)=O.I. The Morgan fingerprint density at radius 1 is 1.46 bits per heavy atom. The fourth-order valence-electron chi connectivity index (χ4n) is 2.73. The summed E-state index contributed by atoms with van der Waals surface area (Å²) >= 11 is 0. The summed E-state index contributed by atoms with van der Waals surface area (Å²) in [6.07, 6.45) is 4.23. The predicted octanol–water partition coefficient (Wildman–Crippen LogP) is 0.703. The number of likely N-dealkylation sites (tertiary alicyclic amines) is 1. The van der Waals surface area contributed by atoms with Crippen LogP contribution in [0.1, 0.15) is 26.2 Å². The molecule has 1 aliphatic rings. The molecule has 2 N–H and O–H groups in total. The van der Waals surface area contributed by atoms with Crippen LogP contribution in [0.25, 0.3) is 0 Å². The highest BCUT2D eigenvalue weighted by atomic mass is 127. The van der Waals surface area contributed by atoms with Crippen LogP contribution in [0.3, 0.4) is 0 Å². The first-order chi connectivity index (χ1) is 10.9. The van der Waals surface area contributed by atoms with Crippen LogP contribution in [0.4, 0.5) is 0 Å². The number of rotatable bonds is 9. The van der Waals surface area contributed by atoms with Crippen LogP contribution in [0, 0.1) is 0 Å². The lowest BCUT2D eigenvalue weighted by Gasteiger charge is -2.26. The summed E-state index contributed by atoms with van der Waals surface area (Å²) in [6, 6.07) is 0.555. The summed E-state index contributed by atoms with van der Waals surface area (Å²) in [7, 11) is 0.539. The average Bonchev–Trinajstić information content (AvgIpc) is 2.94. The Hall–Kier alpha value is -0.130. The lowest BCUT2D eigenvalue weighted by Crippen LogP contribution is -2.47. The van der Waals surface area contributed by atoms with Crippen LogP contribution in [0.15, 0.2) is 4.99 Å². The van der Waals surface area contributed by atoms with Gasteiger partial charge in [0.15, 0.2) is 5.96 Å². The highest BCUT2D eigenvalue weighted by Crippen LogP contribution is 2.15. The third-order valence-corrected chi connectivity index (χ3v) is 5.09. The summed E-state index contributed by atoms with van der Waals surface area (Å²) in [6.45, 7) is 5.64. The molecule has 0 radical (unpaired) electrons. The summed E-state index contributed by atoms with van der Waals surface area (Å²) in [5, 5.41) is 6.61. The van der Waals surface area contributed by atoms with E-state index >= 15 is 0 Å². The lowest BCUT2D eigenvalue weighted by molar-refractivity contribution is 0.141. The lowest BCUT2D eigenvalue weighted by atomic mass is 10.2. The second kappa shape index (κ2) is 12.3. The van der Waals surface area contributed by atoms with Crippen molar-refractivity contribution in [2.24, 2.45) is 4.99 Å². The van der Waals surface area contributed by atoms with E-state index in [0.29, 0.717) is 12.5 Å². The highest BCUT2D eigenvalue weighted by molar-refractivity contribution is 14.0. The van der Waals surface area contributed by atoms with Gasteiger partial charge in [0.05, 0.1) is 12.4 Å². The number of nitrogens with one attached hydrogen (secondary N) is 2. The molecule has 24 heavy (non-hydrogen) atoms. The molecule has 1 saturated heterocycles. The van der Waals surface area contributed by atoms with Crippen molar-refractivity contribution in [1.29, 1.82) is 0 Å². The van der Waals surface area contributed by atoms with Gasteiger partial charge < -0.3 is 15.4 Å². The van der Waals surface area contributed by atoms with Gasteiger partial charge in [-0.1, -0.05) is 0 Å². The second-order valence-electron chi connectivity index (χ2n) is 6.24. The number of methoxy groups -OCH3 is 1. The summed E-state index contributed by atoms with van der Waals surface area (Å²) in [5.41, 5.74) is 0. The number of nitrogens with zero attached hydrogens (tertiary/aromatic N) is 2. The quantitative estimate of drug-likeness (QED) is 0.290. The molecule has 1 heterocycles. The fraction of sp³-hybridized carbons (Fsp3) is 0.933. The highest BCUT2D eigenvalue weighted by Gasteiger charge is 2.24. The van der Waals surface area contributed by atoms with Crippen molar-refractivity contribution in [2.75, 3.05) is 52.4 Å². The molecule has 0 aromatic heterocycles. The minimum atomic E-state index is -2.92. The van der Waals surface area contributed by atoms with Gasteiger partial charge in [-0.25, -0.2) is 8.42 Å². The van der Waals surface area contributed by atoms with Crippen molar-refractivity contribution in [3.8, 4) is 0 Å². The Morgan fingerprint density at radius 3 is 2.75 bits per heavy atom. The van der Waals surface area contributed by atoms with E-state index < -0.39 is 9.84 Å². The molecule has 0 aliphatic carbocycles. The molecule has 2 atom stereocenters. The van der Waals surface area contributed by atoms with Crippen molar-refractivity contribution in [3.63, 3.8) is 0 Å². The Kier molecular flexibility index (Phi) is 12.2. The average molecular weight is 476 g/mol. The van der Waals surface area contributed by atoms with Crippen molar-refractivity contribution in [1.82, 2.24) is 15.5 Å². The van der Waals surface area contributed by atoms with Crippen molar-refractivity contribution in [3.05, 3.63) is 0 Å². The van der Waals surface area contributed by atoms with Gasteiger partial charge >= 0.3 is 0 Å². The van der Waals surface area contributed by atoms with Crippen LogP contribution >= 0.6 is 24.0 Å². The molecule has 0 bridgehead atoms. The Bertz CT molecular complexity index is 473. The van der Waals surface area contributed by atoms with Crippen LogP contribution < -0.4 is 10.6 Å². The number of hydrogen-bond donors (Lipinski definition) is 2. The fourth-order valence-corrected chi connectivity index (χ4v) is 3.52. The smallest absolute Gasteiger partial charge is 0.191 e. The number of halogens is 1. The van der Waals surface area contributed by atoms with Crippen LogP contribution in [0.2, 0.25) is 0 Å². The van der Waals surface area contributed by atoms with E-state index in [1.807, 2.05) is 6.92 Å². The third kappa shape index (κ3) is 10.00. The summed E-state index contributed by atoms with van der Waals surface area (Å²) < 4.78 is 27.6.